The Balaban J connectivity index is 1.52. The summed E-state index contributed by atoms with van der Waals surface area (Å²) in [6.07, 6.45) is 2.01. The van der Waals surface area contributed by atoms with Crippen LogP contribution >= 0.6 is 0 Å². The van der Waals surface area contributed by atoms with Crippen molar-refractivity contribution in [1.82, 2.24) is 9.80 Å². The van der Waals surface area contributed by atoms with E-state index < -0.39 is 0 Å². The lowest BCUT2D eigenvalue weighted by Gasteiger charge is -2.32. The van der Waals surface area contributed by atoms with Crippen molar-refractivity contribution in [3.05, 3.63) is 35.6 Å². The third kappa shape index (κ3) is 2.82. The second-order valence-corrected chi connectivity index (χ2v) is 6.71. The van der Waals surface area contributed by atoms with Crippen LogP contribution in [0.1, 0.15) is 24.2 Å². The Bertz CT molecular complexity index is 733. The molecule has 0 aliphatic carbocycles. The van der Waals surface area contributed by atoms with E-state index in [2.05, 4.69) is 17.9 Å². The van der Waals surface area contributed by atoms with Crippen LogP contribution < -0.4 is 0 Å². The predicted octanol–water partition coefficient (Wildman–Crippen LogP) is 2.56. The van der Waals surface area contributed by atoms with E-state index in [1.165, 1.54) is 10.9 Å². The predicted molar refractivity (Wildman–Crippen MR) is 91.8 cm³/mol. The van der Waals surface area contributed by atoms with Gasteiger partial charge in [0, 0.05) is 18.5 Å². The number of morpholine rings is 1. The first kappa shape index (κ1) is 15.7. The normalized spacial score (nSPS) is 22.4. The molecule has 2 saturated heterocycles. The van der Waals surface area contributed by atoms with Gasteiger partial charge in [0.2, 0.25) is 5.91 Å². The van der Waals surface area contributed by atoms with Crippen molar-refractivity contribution < 1.29 is 13.9 Å². The summed E-state index contributed by atoms with van der Waals surface area (Å²) >= 11 is 0. The first-order chi connectivity index (χ1) is 11.7. The maximum atomic E-state index is 12.9. The van der Waals surface area contributed by atoms with Gasteiger partial charge in [0.25, 0.3) is 0 Å². The molecule has 0 saturated carbocycles. The number of nitrogens with zero attached hydrogens (tertiary/aromatic N) is 2. The summed E-state index contributed by atoms with van der Waals surface area (Å²) in [6, 6.07) is 8.12. The highest BCUT2D eigenvalue weighted by atomic mass is 16.5. The van der Waals surface area contributed by atoms with Crippen molar-refractivity contribution in [3.63, 3.8) is 0 Å². The third-order valence-corrected chi connectivity index (χ3v) is 5.26. The molecule has 0 radical (unpaired) electrons. The molecule has 1 aromatic heterocycles. The average molecular weight is 328 g/mol. The lowest BCUT2D eigenvalue weighted by atomic mass is 10.1. The van der Waals surface area contributed by atoms with Crippen LogP contribution in [-0.4, -0.2) is 54.6 Å². The molecular formula is C19H24N2O3. The van der Waals surface area contributed by atoms with Crippen molar-refractivity contribution in [1.29, 1.82) is 0 Å². The van der Waals surface area contributed by atoms with Gasteiger partial charge in [0.05, 0.1) is 25.8 Å². The smallest absolute Gasteiger partial charge is 0.240 e. The number of para-hydroxylation sites is 1. The number of benzene rings is 1. The van der Waals surface area contributed by atoms with Crippen LogP contribution in [0.2, 0.25) is 0 Å². The summed E-state index contributed by atoms with van der Waals surface area (Å²) in [5.41, 5.74) is 2.12. The number of hydrogen-bond acceptors (Lipinski definition) is 4. The van der Waals surface area contributed by atoms with E-state index in [1.54, 1.807) is 0 Å². The van der Waals surface area contributed by atoms with Crippen LogP contribution in [0.25, 0.3) is 11.0 Å². The van der Waals surface area contributed by atoms with E-state index in [9.17, 15) is 4.79 Å². The summed E-state index contributed by atoms with van der Waals surface area (Å²) in [5, 5.41) is 1.17. The van der Waals surface area contributed by atoms with E-state index in [0.29, 0.717) is 32.8 Å². The van der Waals surface area contributed by atoms with Gasteiger partial charge in [-0.05, 0) is 37.9 Å². The zero-order chi connectivity index (χ0) is 16.5. The Labute approximate surface area is 142 Å². The Kier molecular flexibility index (Phi) is 4.29. The number of carbonyl (C=O) groups excluding carboxylic acids is 1. The van der Waals surface area contributed by atoms with E-state index in [1.807, 2.05) is 23.1 Å². The molecular weight excluding hydrogens is 304 g/mol. The van der Waals surface area contributed by atoms with Gasteiger partial charge in [-0.3, -0.25) is 9.69 Å². The number of likely N-dealkylation sites (tertiary alicyclic amines) is 1. The van der Waals surface area contributed by atoms with Crippen LogP contribution in [0.4, 0.5) is 0 Å². The number of furan rings is 1. The molecule has 4 rings (SSSR count). The topological polar surface area (TPSA) is 45.9 Å². The fourth-order valence-electron chi connectivity index (χ4n) is 3.85. The largest absolute Gasteiger partial charge is 0.459 e. The number of amides is 1. The molecule has 1 amide bonds. The van der Waals surface area contributed by atoms with Crippen LogP contribution in [0.3, 0.4) is 0 Å². The van der Waals surface area contributed by atoms with Crippen molar-refractivity contribution in [2.75, 3.05) is 32.8 Å². The fraction of sp³-hybridized carbons (Fsp3) is 0.526. The van der Waals surface area contributed by atoms with E-state index >= 15 is 0 Å². The molecule has 2 aromatic rings. The number of fused-ring (bicyclic) bond motifs is 1. The minimum atomic E-state index is -0.0179. The van der Waals surface area contributed by atoms with Gasteiger partial charge in [0.1, 0.15) is 11.3 Å². The summed E-state index contributed by atoms with van der Waals surface area (Å²) in [7, 11) is 0. The van der Waals surface area contributed by atoms with Crippen molar-refractivity contribution >= 4 is 16.9 Å². The maximum absolute atomic E-state index is 12.9. The summed E-state index contributed by atoms with van der Waals surface area (Å²) in [6.45, 7) is 6.51. The fourth-order valence-corrected chi connectivity index (χ4v) is 3.85. The van der Waals surface area contributed by atoms with Crippen LogP contribution in [0.15, 0.2) is 28.7 Å². The zero-order valence-electron chi connectivity index (χ0n) is 14.2. The van der Waals surface area contributed by atoms with Crippen molar-refractivity contribution in [3.8, 4) is 0 Å². The van der Waals surface area contributed by atoms with E-state index in [4.69, 9.17) is 9.15 Å². The Morgan fingerprint density at radius 1 is 1.21 bits per heavy atom. The number of rotatable bonds is 3. The second-order valence-electron chi connectivity index (χ2n) is 6.71. The first-order valence-electron chi connectivity index (χ1n) is 8.81. The minimum absolute atomic E-state index is 0.0179. The van der Waals surface area contributed by atoms with Gasteiger partial charge in [0.15, 0.2) is 0 Å². The van der Waals surface area contributed by atoms with Gasteiger partial charge < -0.3 is 14.1 Å². The highest BCUT2D eigenvalue weighted by Crippen LogP contribution is 2.29. The van der Waals surface area contributed by atoms with Gasteiger partial charge in [-0.1, -0.05) is 18.2 Å². The molecule has 0 spiro atoms. The maximum Gasteiger partial charge on any atom is 0.240 e. The Morgan fingerprint density at radius 3 is 2.79 bits per heavy atom. The number of ether oxygens (including phenoxy) is 1. The molecule has 1 aromatic carbocycles. The molecule has 1 unspecified atom stereocenters. The molecule has 1 atom stereocenters. The second kappa shape index (κ2) is 6.57. The molecule has 2 fully saturated rings. The molecule has 2 aliphatic rings. The molecule has 24 heavy (non-hydrogen) atoms. The third-order valence-electron chi connectivity index (χ3n) is 5.26. The lowest BCUT2D eigenvalue weighted by molar-refractivity contribution is -0.140. The summed E-state index contributed by atoms with van der Waals surface area (Å²) in [5.74, 6) is 1.24. The Morgan fingerprint density at radius 2 is 2.00 bits per heavy atom. The standard InChI is InChI=1S/C19H24N2O3/c1-14-15-5-2-3-7-17(15)24-18(14)13-21-8-4-6-16(21)19(22)20-9-11-23-12-10-20/h2-3,5,7,16H,4,6,8-13H2,1H3. The minimum Gasteiger partial charge on any atom is -0.459 e. The summed E-state index contributed by atoms with van der Waals surface area (Å²) in [4.78, 5) is 17.1. The molecule has 2 aliphatic heterocycles. The SMILES string of the molecule is Cc1c(CN2CCCC2C(=O)N2CCOCC2)oc2ccccc12. The van der Waals surface area contributed by atoms with Crippen LogP contribution in [-0.2, 0) is 16.1 Å². The molecule has 3 heterocycles. The molecule has 0 N–H and O–H groups in total. The molecule has 128 valence electrons. The van der Waals surface area contributed by atoms with E-state index in [-0.39, 0.29) is 11.9 Å². The van der Waals surface area contributed by atoms with Gasteiger partial charge in [-0.25, -0.2) is 0 Å². The van der Waals surface area contributed by atoms with Gasteiger partial charge in [-0.15, -0.1) is 0 Å². The quantitative estimate of drug-likeness (QED) is 0.869. The Hall–Kier alpha value is -1.85. The van der Waals surface area contributed by atoms with Crippen molar-refractivity contribution in [2.45, 2.75) is 32.4 Å². The van der Waals surface area contributed by atoms with Crippen molar-refractivity contribution in [2.24, 2.45) is 0 Å². The van der Waals surface area contributed by atoms with E-state index in [0.717, 1.165) is 30.7 Å². The highest BCUT2D eigenvalue weighted by molar-refractivity contribution is 5.83. The zero-order valence-corrected chi connectivity index (χ0v) is 14.2. The number of hydrogen-bond donors (Lipinski definition) is 0. The summed E-state index contributed by atoms with van der Waals surface area (Å²) < 4.78 is 11.4. The number of carbonyl (C=O) groups is 1. The average Bonchev–Trinajstić information content (AvgIpc) is 3.21. The monoisotopic (exact) mass is 328 g/mol. The molecule has 5 heteroatoms. The highest BCUT2D eigenvalue weighted by Gasteiger charge is 2.35. The van der Waals surface area contributed by atoms with Gasteiger partial charge in [-0.2, -0.15) is 0 Å². The van der Waals surface area contributed by atoms with Crippen LogP contribution in [0, 0.1) is 6.92 Å². The molecule has 5 nitrogen and oxygen atoms in total. The number of aryl methyl sites for hydroxylation is 1. The first-order valence-corrected chi connectivity index (χ1v) is 8.81. The molecule has 0 bridgehead atoms. The lowest BCUT2D eigenvalue weighted by Crippen LogP contribution is -2.49. The van der Waals surface area contributed by atoms with Crippen LogP contribution in [0.5, 0.6) is 0 Å². The van der Waals surface area contributed by atoms with Gasteiger partial charge >= 0.3 is 0 Å².